The quantitative estimate of drug-likeness (QED) is 0.883. The third kappa shape index (κ3) is 5.55. The molecule has 148 valence electrons. The van der Waals surface area contributed by atoms with Gasteiger partial charge in [-0.1, -0.05) is 32.9 Å². The second-order valence-corrected chi connectivity index (χ2v) is 8.21. The maximum Gasteiger partial charge on any atom is 0.251 e. The normalized spacial score (nSPS) is 16.5. The summed E-state index contributed by atoms with van der Waals surface area (Å²) >= 11 is 0. The van der Waals surface area contributed by atoms with Gasteiger partial charge < -0.3 is 15.1 Å². The maximum absolute atomic E-state index is 12.7. The molecule has 0 aliphatic carbocycles. The van der Waals surface area contributed by atoms with Crippen LogP contribution in [0.25, 0.3) is 0 Å². The van der Waals surface area contributed by atoms with Crippen LogP contribution in [0.1, 0.15) is 57.0 Å². The summed E-state index contributed by atoms with van der Waals surface area (Å²) < 4.78 is 0. The summed E-state index contributed by atoms with van der Waals surface area (Å²) in [7, 11) is 0. The Kier molecular flexibility index (Phi) is 6.63. The van der Waals surface area contributed by atoms with E-state index in [1.807, 2.05) is 12.1 Å². The molecule has 2 rings (SSSR count). The molecule has 0 aromatic heterocycles. The van der Waals surface area contributed by atoms with Gasteiger partial charge in [0.05, 0.1) is 0 Å². The van der Waals surface area contributed by atoms with Gasteiger partial charge in [0.15, 0.2) is 0 Å². The van der Waals surface area contributed by atoms with E-state index in [4.69, 9.17) is 0 Å². The molecule has 1 aromatic carbocycles. The van der Waals surface area contributed by atoms with Crippen LogP contribution in [0.15, 0.2) is 24.3 Å². The Morgan fingerprint density at radius 1 is 0.963 bits per heavy atom. The molecule has 6 nitrogen and oxygen atoms in total. The molecule has 6 heteroatoms. The van der Waals surface area contributed by atoms with Gasteiger partial charge >= 0.3 is 0 Å². The fourth-order valence-electron chi connectivity index (χ4n) is 3.19. The lowest BCUT2D eigenvalue weighted by atomic mass is 9.86. The highest BCUT2D eigenvalue weighted by molar-refractivity contribution is 5.97. The van der Waals surface area contributed by atoms with Gasteiger partial charge in [0.1, 0.15) is 6.04 Å². The predicted molar refractivity (Wildman–Crippen MR) is 106 cm³/mol. The fraction of sp³-hybridized carbons (Fsp3) is 0.571. The second kappa shape index (κ2) is 8.55. The minimum atomic E-state index is -0.608. The third-order valence-corrected chi connectivity index (χ3v) is 4.98. The van der Waals surface area contributed by atoms with E-state index in [9.17, 15) is 14.4 Å². The van der Waals surface area contributed by atoms with Crippen molar-refractivity contribution in [2.75, 3.05) is 26.2 Å². The van der Waals surface area contributed by atoms with Crippen molar-refractivity contribution in [1.29, 1.82) is 0 Å². The lowest BCUT2D eigenvalue weighted by Gasteiger charge is -2.25. The molecule has 1 N–H and O–H groups in total. The second-order valence-electron chi connectivity index (χ2n) is 8.21. The lowest BCUT2D eigenvalue weighted by molar-refractivity contribution is -0.133. The molecule has 0 radical (unpaired) electrons. The fourth-order valence-corrected chi connectivity index (χ4v) is 3.19. The number of benzene rings is 1. The monoisotopic (exact) mass is 373 g/mol. The first kappa shape index (κ1) is 20.9. The minimum Gasteiger partial charge on any atom is -0.341 e. The van der Waals surface area contributed by atoms with Crippen LogP contribution >= 0.6 is 0 Å². The first-order chi connectivity index (χ1) is 12.6. The van der Waals surface area contributed by atoms with Crippen molar-refractivity contribution < 1.29 is 14.4 Å². The minimum absolute atomic E-state index is 0.0266. The van der Waals surface area contributed by atoms with Crippen LogP contribution in [0.4, 0.5) is 0 Å². The number of carbonyl (C=O) groups excluding carboxylic acids is 3. The molecular weight excluding hydrogens is 342 g/mol. The van der Waals surface area contributed by atoms with Gasteiger partial charge in [-0.2, -0.15) is 0 Å². The number of nitrogens with zero attached hydrogens (tertiary/aromatic N) is 2. The highest BCUT2D eigenvalue weighted by atomic mass is 16.2. The first-order valence-corrected chi connectivity index (χ1v) is 9.55. The Bertz CT molecular complexity index is 692. The number of rotatable bonds is 3. The summed E-state index contributed by atoms with van der Waals surface area (Å²) in [6.07, 6.45) is 0.750. The van der Waals surface area contributed by atoms with Crippen molar-refractivity contribution in [1.82, 2.24) is 15.1 Å². The van der Waals surface area contributed by atoms with Crippen LogP contribution < -0.4 is 5.32 Å². The zero-order chi connectivity index (χ0) is 20.2. The molecule has 27 heavy (non-hydrogen) atoms. The van der Waals surface area contributed by atoms with Gasteiger partial charge in [-0.15, -0.1) is 0 Å². The SMILES string of the molecule is CC(=O)N1CCCN(C(=O)C(C)NC(=O)c2ccc(C(C)(C)C)cc2)CC1. The third-order valence-electron chi connectivity index (χ3n) is 4.98. The van der Waals surface area contributed by atoms with Crippen LogP contribution in [-0.4, -0.2) is 59.7 Å². The number of nitrogens with one attached hydrogen (secondary N) is 1. The molecular formula is C21H31N3O3. The van der Waals surface area contributed by atoms with E-state index < -0.39 is 6.04 Å². The smallest absolute Gasteiger partial charge is 0.251 e. The van der Waals surface area contributed by atoms with Crippen LogP contribution in [0, 0.1) is 0 Å². The lowest BCUT2D eigenvalue weighted by Crippen LogP contribution is -2.48. The van der Waals surface area contributed by atoms with Crippen LogP contribution in [0.5, 0.6) is 0 Å². The zero-order valence-electron chi connectivity index (χ0n) is 17.0. The number of carbonyl (C=O) groups is 3. The van der Waals surface area contributed by atoms with E-state index in [-0.39, 0.29) is 23.1 Å². The highest BCUT2D eigenvalue weighted by Gasteiger charge is 2.25. The average Bonchev–Trinajstić information content (AvgIpc) is 2.86. The van der Waals surface area contributed by atoms with Crippen molar-refractivity contribution >= 4 is 17.7 Å². The predicted octanol–water partition coefficient (Wildman–Crippen LogP) is 2.18. The van der Waals surface area contributed by atoms with Crippen LogP contribution in [-0.2, 0) is 15.0 Å². The average molecular weight is 373 g/mol. The number of hydrogen-bond acceptors (Lipinski definition) is 3. The summed E-state index contributed by atoms with van der Waals surface area (Å²) in [4.78, 5) is 40.2. The summed E-state index contributed by atoms with van der Waals surface area (Å²) in [5.41, 5.74) is 1.72. The van der Waals surface area contributed by atoms with E-state index in [0.29, 0.717) is 31.7 Å². The molecule has 0 spiro atoms. The summed E-state index contributed by atoms with van der Waals surface area (Å²) in [6.45, 7) is 11.9. The van der Waals surface area contributed by atoms with Gasteiger partial charge in [-0.3, -0.25) is 14.4 Å². The van der Waals surface area contributed by atoms with E-state index in [0.717, 1.165) is 12.0 Å². The molecule has 1 heterocycles. The molecule has 0 saturated carbocycles. The first-order valence-electron chi connectivity index (χ1n) is 9.55. The Balaban J connectivity index is 1.95. The molecule has 1 aromatic rings. The Labute approximate surface area is 161 Å². The molecule has 1 saturated heterocycles. The molecule has 1 aliphatic rings. The van der Waals surface area contributed by atoms with Gasteiger partial charge in [-0.05, 0) is 36.5 Å². The van der Waals surface area contributed by atoms with Crippen molar-refractivity contribution in [3.8, 4) is 0 Å². The van der Waals surface area contributed by atoms with Crippen LogP contribution in [0.2, 0.25) is 0 Å². The largest absolute Gasteiger partial charge is 0.341 e. The number of hydrogen-bond donors (Lipinski definition) is 1. The van der Waals surface area contributed by atoms with Crippen molar-refractivity contribution in [2.24, 2.45) is 0 Å². The van der Waals surface area contributed by atoms with Crippen LogP contribution in [0.3, 0.4) is 0 Å². The molecule has 3 amide bonds. The maximum atomic E-state index is 12.7. The van der Waals surface area contributed by atoms with E-state index >= 15 is 0 Å². The van der Waals surface area contributed by atoms with Crippen molar-refractivity contribution in [3.63, 3.8) is 0 Å². The Hall–Kier alpha value is -2.37. The molecule has 1 atom stereocenters. The topological polar surface area (TPSA) is 69.7 Å². The van der Waals surface area contributed by atoms with E-state index in [1.54, 1.807) is 35.8 Å². The molecule has 1 aliphatic heterocycles. The van der Waals surface area contributed by atoms with Crippen molar-refractivity contribution in [2.45, 2.75) is 52.5 Å². The summed E-state index contributed by atoms with van der Waals surface area (Å²) in [5, 5.41) is 2.80. The standard InChI is InChI=1S/C21H31N3O3/c1-15(20(27)24-12-6-11-23(13-14-24)16(2)25)22-19(26)17-7-9-18(10-8-17)21(3,4)5/h7-10,15H,6,11-14H2,1-5H3,(H,22,26). The molecule has 0 bridgehead atoms. The van der Waals surface area contributed by atoms with Gasteiger partial charge in [0, 0.05) is 38.7 Å². The molecule has 1 fully saturated rings. The summed E-state index contributed by atoms with van der Waals surface area (Å²) in [5.74, 6) is -0.332. The van der Waals surface area contributed by atoms with Gasteiger partial charge in [0.25, 0.3) is 5.91 Å². The Morgan fingerprint density at radius 3 is 2.07 bits per heavy atom. The van der Waals surface area contributed by atoms with Gasteiger partial charge in [-0.25, -0.2) is 0 Å². The van der Waals surface area contributed by atoms with E-state index in [1.165, 1.54) is 0 Å². The molecule has 1 unspecified atom stereocenters. The summed E-state index contributed by atoms with van der Waals surface area (Å²) in [6, 6.07) is 6.89. The Morgan fingerprint density at radius 2 is 1.52 bits per heavy atom. The van der Waals surface area contributed by atoms with Gasteiger partial charge in [0.2, 0.25) is 11.8 Å². The number of amides is 3. The zero-order valence-corrected chi connectivity index (χ0v) is 17.0. The van der Waals surface area contributed by atoms with Crippen molar-refractivity contribution in [3.05, 3.63) is 35.4 Å². The van der Waals surface area contributed by atoms with E-state index in [2.05, 4.69) is 26.1 Å². The highest BCUT2D eigenvalue weighted by Crippen LogP contribution is 2.22.